The quantitative estimate of drug-likeness (QED) is 0.624. The molecule has 0 spiro atoms. The summed E-state index contributed by atoms with van der Waals surface area (Å²) in [6.07, 6.45) is 3.28. The average Bonchev–Trinajstić information content (AvgIpc) is 3.09. The van der Waals surface area contributed by atoms with Crippen LogP contribution in [0.1, 0.15) is 39.0 Å². The van der Waals surface area contributed by atoms with Crippen LogP contribution in [0.5, 0.6) is 0 Å². The third-order valence-electron chi connectivity index (χ3n) is 4.86. The molecule has 2 rings (SSSR count). The summed E-state index contributed by atoms with van der Waals surface area (Å²) in [4.78, 5) is 26.7. The Kier molecular flexibility index (Phi) is 7.21. The van der Waals surface area contributed by atoms with Crippen molar-refractivity contribution in [3.63, 3.8) is 0 Å². The van der Waals surface area contributed by atoms with E-state index in [4.69, 9.17) is 5.73 Å². The molecular formula is C16H30N4O4S. The van der Waals surface area contributed by atoms with Crippen molar-refractivity contribution >= 4 is 21.8 Å². The average molecular weight is 375 g/mol. The maximum atomic E-state index is 12.9. The summed E-state index contributed by atoms with van der Waals surface area (Å²) in [5, 5.41) is 2.77. The molecule has 2 heterocycles. The van der Waals surface area contributed by atoms with Gasteiger partial charge in [0.2, 0.25) is 21.8 Å². The number of piperidine rings is 1. The zero-order chi connectivity index (χ0) is 18.4. The SMILES string of the molecule is CCCS(=O)(=O)N1CCCC1C(=O)N1CCCC(C(=O)NCCN)C1. The summed E-state index contributed by atoms with van der Waals surface area (Å²) in [6.45, 7) is 3.97. The standard InChI is InChI=1S/C16H30N4O4S/c1-2-11-25(23,24)20-10-4-6-14(20)16(22)19-9-3-5-13(12-19)15(21)18-8-7-17/h13-14H,2-12,17H2,1H3,(H,18,21). The molecule has 0 aromatic heterocycles. The molecule has 2 atom stereocenters. The smallest absolute Gasteiger partial charge is 0.241 e. The first-order valence-electron chi connectivity index (χ1n) is 9.16. The fourth-order valence-corrected chi connectivity index (χ4v) is 5.38. The summed E-state index contributed by atoms with van der Waals surface area (Å²) in [5.41, 5.74) is 5.40. The lowest BCUT2D eigenvalue weighted by Gasteiger charge is -2.35. The largest absolute Gasteiger partial charge is 0.355 e. The van der Waals surface area contributed by atoms with Gasteiger partial charge in [0.1, 0.15) is 6.04 Å². The number of nitrogens with two attached hydrogens (primary N) is 1. The van der Waals surface area contributed by atoms with Crippen LogP contribution in [0.4, 0.5) is 0 Å². The molecule has 2 fully saturated rings. The van der Waals surface area contributed by atoms with Gasteiger partial charge in [0.25, 0.3) is 0 Å². The van der Waals surface area contributed by atoms with E-state index in [1.54, 1.807) is 4.90 Å². The van der Waals surface area contributed by atoms with Crippen molar-refractivity contribution in [3.8, 4) is 0 Å². The van der Waals surface area contributed by atoms with E-state index in [1.165, 1.54) is 4.31 Å². The molecule has 2 saturated heterocycles. The highest BCUT2D eigenvalue weighted by Gasteiger charge is 2.41. The van der Waals surface area contributed by atoms with Crippen molar-refractivity contribution in [3.05, 3.63) is 0 Å². The molecule has 0 aromatic rings. The third kappa shape index (κ3) is 4.92. The van der Waals surface area contributed by atoms with Crippen molar-refractivity contribution in [2.24, 2.45) is 11.7 Å². The van der Waals surface area contributed by atoms with E-state index < -0.39 is 16.1 Å². The van der Waals surface area contributed by atoms with Crippen molar-refractivity contribution in [1.29, 1.82) is 0 Å². The third-order valence-corrected chi connectivity index (χ3v) is 6.93. The predicted molar refractivity (Wildman–Crippen MR) is 95.2 cm³/mol. The lowest BCUT2D eigenvalue weighted by Crippen LogP contribution is -2.52. The van der Waals surface area contributed by atoms with Crippen LogP contribution in [-0.2, 0) is 19.6 Å². The Morgan fingerprint density at radius 2 is 1.92 bits per heavy atom. The van der Waals surface area contributed by atoms with Gasteiger partial charge in [-0.2, -0.15) is 4.31 Å². The molecule has 2 aliphatic rings. The number of rotatable bonds is 7. The highest BCUT2D eigenvalue weighted by atomic mass is 32.2. The Hall–Kier alpha value is -1.19. The Balaban J connectivity index is 2.02. The Morgan fingerprint density at radius 3 is 2.60 bits per heavy atom. The van der Waals surface area contributed by atoms with Gasteiger partial charge >= 0.3 is 0 Å². The second-order valence-electron chi connectivity index (χ2n) is 6.79. The van der Waals surface area contributed by atoms with Crippen LogP contribution >= 0.6 is 0 Å². The first kappa shape index (κ1) is 20.1. The molecule has 8 nitrogen and oxygen atoms in total. The van der Waals surface area contributed by atoms with Gasteiger partial charge in [-0.3, -0.25) is 9.59 Å². The van der Waals surface area contributed by atoms with E-state index in [9.17, 15) is 18.0 Å². The van der Waals surface area contributed by atoms with E-state index in [2.05, 4.69) is 5.32 Å². The van der Waals surface area contributed by atoms with Crippen molar-refractivity contribution in [2.45, 2.75) is 45.1 Å². The van der Waals surface area contributed by atoms with E-state index in [1.807, 2.05) is 6.92 Å². The van der Waals surface area contributed by atoms with Crippen molar-refractivity contribution in [1.82, 2.24) is 14.5 Å². The number of nitrogens with zero attached hydrogens (tertiary/aromatic N) is 2. The molecular weight excluding hydrogens is 344 g/mol. The summed E-state index contributed by atoms with van der Waals surface area (Å²) < 4.78 is 26.2. The van der Waals surface area contributed by atoms with Gasteiger partial charge in [0.15, 0.2) is 0 Å². The number of nitrogens with one attached hydrogen (secondary N) is 1. The van der Waals surface area contributed by atoms with Gasteiger partial charge in [-0.05, 0) is 32.1 Å². The van der Waals surface area contributed by atoms with Crippen LogP contribution in [0.15, 0.2) is 0 Å². The Labute approximate surface area is 150 Å². The van der Waals surface area contributed by atoms with E-state index in [0.717, 1.165) is 12.8 Å². The van der Waals surface area contributed by atoms with Gasteiger partial charge in [0.05, 0.1) is 11.7 Å². The molecule has 9 heteroatoms. The molecule has 0 radical (unpaired) electrons. The van der Waals surface area contributed by atoms with Gasteiger partial charge in [-0.25, -0.2) is 8.42 Å². The zero-order valence-electron chi connectivity index (χ0n) is 14.9. The molecule has 0 bridgehead atoms. The van der Waals surface area contributed by atoms with Gasteiger partial charge < -0.3 is 16.0 Å². The van der Waals surface area contributed by atoms with Crippen LogP contribution in [-0.4, -0.2) is 74.0 Å². The van der Waals surface area contributed by atoms with E-state index in [-0.39, 0.29) is 23.5 Å². The number of carbonyl (C=O) groups is 2. The molecule has 0 aromatic carbocycles. The highest BCUT2D eigenvalue weighted by Crippen LogP contribution is 2.26. The predicted octanol–water partition coefficient (Wildman–Crippen LogP) is -0.496. The van der Waals surface area contributed by atoms with Crippen LogP contribution in [0.2, 0.25) is 0 Å². The minimum Gasteiger partial charge on any atom is -0.355 e. The number of likely N-dealkylation sites (tertiary alicyclic amines) is 1. The minimum atomic E-state index is -3.39. The van der Waals surface area contributed by atoms with Crippen molar-refractivity contribution < 1.29 is 18.0 Å². The summed E-state index contributed by atoms with van der Waals surface area (Å²) in [5.74, 6) is -0.411. The summed E-state index contributed by atoms with van der Waals surface area (Å²) in [7, 11) is -3.39. The summed E-state index contributed by atoms with van der Waals surface area (Å²) >= 11 is 0. The number of carbonyl (C=O) groups excluding carboxylic acids is 2. The van der Waals surface area contributed by atoms with Gasteiger partial charge in [-0.15, -0.1) is 0 Å². The van der Waals surface area contributed by atoms with E-state index in [0.29, 0.717) is 52.0 Å². The zero-order valence-corrected chi connectivity index (χ0v) is 15.8. The molecule has 0 aliphatic carbocycles. The monoisotopic (exact) mass is 374 g/mol. The maximum absolute atomic E-state index is 12.9. The first-order valence-corrected chi connectivity index (χ1v) is 10.8. The lowest BCUT2D eigenvalue weighted by molar-refractivity contribution is -0.138. The number of amides is 2. The molecule has 0 saturated carbocycles. The number of hydrogen-bond acceptors (Lipinski definition) is 5. The topological polar surface area (TPSA) is 113 Å². The Bertz CT molecular complexity index is 581. The number of sulfonamides is 1. The van der Waals surface area contributed by atoms with Crippen LogP contribution in [0.25, 0.3) is 0 Å². The maximum Gasteiger partial charge on any atom is 0.241 e. The first-order chi connectivity index (χ1) is 11.9. The highest BCUT2D eigenvalue weighted by molar-refractivity contribution is 7.89. The second-order valence-corrected chi connectivity index (χ2v) is 8.83. The molecule has 2 aliphatic heterocycles. The minimum absolute atomic E-state index is 0.0703. The van der Waals surface area contributed by atoms with E-state index >= 15 is 0 Å². The normalized spacial score (nSPS) is 25.1. The van der Waals surface area contributed by atoms with Gasteiger partial charge in [0, 0.05) is 32.7 Å². The van der Waals surface area contributed by atoms with Gasteiger partial charge in [-0.1, -0.05) is 6.92 Å². The number of hydrogen-bond donors (Lipinski definition) is 2. The molecule has 144 valence electrons. The fourth-order valence-electron chi connectivity index (χ4n) is 3.64. The fraction of sp³-hybridized carbons (Fsp3) is 0.875. The molecule has 25 heavy (non-hydrogen) atoms. The lowest BCUT2D eigenvalue weighted by atomic mass is 9.96. The van der Waals surface area contributed by atoms with Crippen LogP contribution in [0.3, 0.4) is 0 Å². The van der Waals surface area contributed by atoms with Crippen LogP contribution < -0.4 is 11.1 Å². The Morgan fingerprint density at radius 1 is 1.20 bits per heavy atom. The molecule has 2 unspecified atom stereocenters. The second kappa shape index (κ2) is 8.95. The molecule has 2 amide bonds. The van der Waals surface area contributed by atoms with Crippen LogP contribution in [0, 0.1) is 5.92 Å². The summed E-state index contributed by atoms with van der Waals surface area (Å²) in [6, 6.07) is -0.609. The van der Waals surface area contributed by atoms with Crippen molar-refractivity contribution in [2.75, 3.05) is 38.5 Å². The molecule has 3 N–H and O–H groups in total.